The van der Waals surface area contributed by atoms with E-state index in [2.05, 4.69) is 47.9 Å². The Morgan fingerprint density at radius 2 is 1.66 bits per heavy atom. The maximum atomic E-state index is 13.1. The summed E-state index contributed by atoms with van der Waals surface area (Å²) >= 11 is 13.0. The number of aromatic hydroxyl groups is 1. The van der Waals surface area contributed by atoms with Gasteiger partial charge < -0.3 is 10.1 Å². The Labute approximate surface area is 239 Å². The van der Waals surface area contributed by atoms with E-state index in [1.54, 1.807) is 48.5 Å². The summed E-state index contributed by atoms with van der Waals surface area (Å²) < 4.78 is 2.83. The molecular weight excluding hydrogens is 636 g/mol. The van der Waals surface area contributed by atoms with E-state index in [9.17, 15) is 14.7 Å². The summed E-state index contributed by atoms with van der Waals surface area (Å²) in [6, 6.07) is 19.7. The van der Waals surface area contributed by atoms with Gasteiger partial charge in [-0.3, -0.25) is 14.8 Å². The van der Waals surface area contributed by atoms with Gasteiger partial charge in [-0.05, 0) is 73.5 Å². The van der Waals surface area contributed by atoms with Crippen molar-refractivity contribution in [3.63, 3.8) is 0 Å². The summed E-state index contributed by atoms with van der Waals surface area (Å²) in [6.07, 6.45) is 0.588. The third-order valence-electron chi connectivity index (χ3n) is 6.24. The first-order chi connectivity index (χ1) is 18.2. The first-order valence-corrected chi connectivity index (χ1v) is 13.6. The number of aromatic amines is 2. The minimum Gasteiger partial charge on any atom is -0.493 e. The van der Waals surface area contributed by atoms with Crippen LogP contribution in [0.1, 0.15) is 22.4 Å². The highest BCUT2D eigenvalue weighted by Crippen LogP contribution is 2.27. The molecule has 0 aliphatic rings. The van der Waals surface area contributed by atoms with Crippen molar-refractivity contribution >= 4 is 60.1 Å². The van der Waals surface area contributed by atoms with Crippen molar-refractivity contribution < 1.29 is 5.11 Å². The lowest BCUT2D eigenvalue weighted by molar-refractivity contribution is 0.430. The summed E-state index contributed by atoms with van der Waals surface area (Å²) in [5.41, 5.74) is 2.80. The minimum absolute atomic E-state index is 0.103. The number of aryl methyl sites for hydroxylation is 1. The third-order valence-corrected chi connectivity index (χ3v) is 7.51. The molecule has 0 bridgehead atoms. The summed E-state index contributed by atoms with van der Waals surface area (Å²) in [7, 11) is 0. The van der Waals surface area contributed by atoms with Crippen LogP contribution in [0.2, 0.25) is 5.02 Å². The van der Waals surface area contributed by atoms with Gasteiger partial charge in [0.15, 0.2) is 0 Å². The molecule has 0 amide bonds. The van der Waals surface area contributed by atoms with Crippen molar-refractivity contribution in [3.8, 4) is 11.6 Å². The fraction of sp³-hybridized carbons (Fsp3) is 0.107. The Bertz CT molecular complexity index is 1800. The number of rotatable bonds is 6. The Morgan fingerprint density at radius 3 is 2.37 bits per heavy atom. The molecule has 0 unspecified atom stereocenters. The van der Waals surface area contributed by atoms with Crippen LogP contribution in [0.5, 0.6) is 5.88 Å². The van der Waals surface area contributed by atoms with E-state index in [1.165, 1.54) is 0 Å². The summed E-state index contributed by atoms with van der Waals surface area (Å²) in [5, 5.41) is 12.9. The predicted octanol–water partition coefficient (Wildman–Crippen LogP) is 6.28. The average Bonchev–Trinajstić information content (AvgIpc) is 3.18. The van der Waals surface area contributed by atoms with Gasteiger partial charge in [0.05, 0.1) is 11.4 Å². The number of aromatic nitrogens is 3. The lowest BCUT2D eigenvalue weighted by Gasteiger charge is -2.14. The third kappa shape index (κ3) is 5.14. The van der Waals surface area contributed by atoms with Crippen LogP contribution in [0.15, 0.2) is 90.3 Å². The molecule has 7 nitrogen and oxygen atoms in total. The second kappa shape index (κ2) is 10.8. The number of aliphatic imine (C=N–C) groups is 1. The number of halogens is 3. The maximum Gasteiger partial charge on any atom is 0.335 e. The van der Waals surface area contributed by atoms with Crippen molar-refractivity contribution in [2.24, 2.45) is 4.99 Å². The Balaban J connectivity index is 1.63. The second-order valence-electron chi connectivity index (χ2n) is 8.68. The first-order valence-electron chi connectivity index (χ1n) is 11.6. The molecule has 0 fully saturated rings. The summed E-state index contributed by atoms with van der Waals surface area (Å²) in [6.45, 7) is 2.34. The van der Waals surface area contributed by atoms with Gasteiger partial charge in [0.25, 0.3) is 5.56 Å². The van der Waals surface area contributed by atoms with Crippen LogP contribution >= 0.6 is 43.5 Å². The molecule has 5 aromatic rings. The molecule has 0 aliphatic carbocycles. The lowest BCUT2D eigenvalue weighted by atomic mass is 10.0. The van der Waals surface area contributed by atoms with E-state index >= 15 is 0 Å². The number of hydrogen-bond acceptors (Lipinski definition) is 4. The standard InChI is InChI=1S/C28H21Br2ClN4O3/c1-15-21(22-14-18(30)6-11-23(22)33-15)12-13-32-25(16-2-7-19(31)8-3-16)24-26(36)34-28(38)35(27(24)37)20-9-4-17(29)5-10-20/h2-11,14,33,37H,12-13H2,1H3,(H,34,36,38). The van der Waals surface area contributed by atoms with Crippen LogP contribution in [0.4, 0.5) is 0 Å². The van der Waals surface area contributed by atoms with Crippen LogP contribution < -0.4 is 11.2 Å². The van der Waals surface area contributed by atoms with E-state index in [1.807, 2.05) is 19.1 Å². The molecule has 3 aromatic carbocycles. The van der Waals surface area contributed by atoms with Gasteiger partial charge in [-0.25, -0.2) is 9.36 Å². The topological polar surface area (TPSA) is 103 Å². The summed E-state index contributed by atoms with van der Waals surface area (Å²) in [5.74, 6) is -0.498. The molecule has 0 aliphatic heterocycles. The number of benzene rings is 3. The van der Waals surface area contributed by atoms with Gasteiger partial charge >= 0.3 is 5.69 Å². The molecule has 38 heavy (non-hydrogen) atoms. The molecular formula is C28H21Br2ClN4O3. The molecule has 2 heterocycles. The molecule has 0 spiro atoms. The molecule has 2 aromatic heterocycles. The molecule has 0 radical (unpaired) electrons. The Hall–Kier alpha value is -3.40. The molecule has 3 N–H and O–H groups in total. The van der Waals surface area contributed by atoms with Gasteiger partial charge in [0, 0.05) is 42.7 Å². The van der Waals surface area contributed by atoms with Gasteiger partial charge in [-0.1, -0.05) is 55.6 Å². The van der Waals surface area contributed by atoms with Crippen LogP contribution in [0.3, 0.4) is 0 Å². The molecule has 5 rings (SSSR count). The number of fused-ring (bicyclic) bond motifs is 1. The number of nitrogens with zero attached hydrogens (tertiary/aromatic N) is 2. The number of nitrogens with one attached hydrogen (secondary N) is 2. The highest BCUT2D eigenvalue weighted by Gasteiger charge is 2.22. The van der Waals surface area contributed by atoms with Crippen LogP contribution in [0.25, 0.3) is 16.6 Å². The van der Waals surface area contributed by atoms with Crippen molar-refractivity contribution in [2.75, 3.05) is 6.54 Å². The number of H-pyrrole nitrogens is 2. The van der Waals surface area contributed by atoms with Gasteiger partial charge in [-0.2, -0.15) is 0 Å². The quantitative estimate of drug-likeness (QED) is 0.188. The fourth-order valence-corrected chi connectivity index (χ4v) is 5.20. The highest BCUT2D eigenvalue weighted by molar-refractivity contribution is 9.10. The monoisotopic (exact) mass is 654 g/mol. The largest absolute Gasteiger partial charge is 0.493 e. The highest BCUT2D eigenvalue weighted by atomic mass is 79.9. The van der Waals surface area contributed by atoms with E-state index in [0.717, 1.165) is 35.7 Å². The molecule has 192 valence electrons. The molecule has 0 atom stereocenters. The van der Waals surface area contributed by atoms with Crippen molar-refractivity contribution in [3.05, 3.63) is 124 Å². The van der Waals surface area contributed by atoms with Gasteiger partial charge in [0.1, 0.15) is 5.56 Å². The lowest BCUT2D eigenvalue weighted by Crippen LogP contribution is -2.33. The van der Waals surface area contributed by atoms with E-state index in [0.29, 0.717) is 29.2 Å². The Morgan fingerprint density at radius 1 is 0.974 bits per heavy atom. The van der Waals surface area contributed by atoms with Gasteiger partial charge in [-0.15, -0.1) is 0 Å². The van der Waals surface area contributed by atoms with Crippen LogP contribution in [-0.2, 0) is 6.42 Å². The number of hydrogen-bond donors (Lipinski definition) is 3. The maximum absolute atomic E-state index is 13.1. The van der Waals surface area contributed by atoms with Gasteiger partial charge in [0.2, 0.25) is 5.88 Å². The van der Waals surface area contributed by atoms with E-state index in [4.69, 9.17) is 16.6 Å². The first kappa shape index (κ1) is 26.2. The SMILES string of the molecule is Cc1[nH]c2ccc(Br)cc2c1CCN=C(c1ccc(Cl)cc1)c1c(O)n(-c2ccc(Br)cc2)c(=O)[nH]c1=O. The predicted molar refractivity (Wildman–Crippen MR) is 158 cm³/mol. The molecule has 10 heteroatoms. The average molecular weight is 657 g/mol. The normalized spacial score (nSPS) is 11.8. The molecule has 0 saturated carbocycles. The van der Waals surface area contributed by atoms with E-state index in [-0.39, 0.29) is 11.3 Å². The fourth-order valence-electron chi connectivity index (χ4n) is 4.45. The van der Waals surface area contributed by atoms with Crippen molar-refractivity contribution in [1.29, 1.82) is 0 Å². The second-order valence-corrected chi connectivity index (χ2v) is 10.9. The minimum atomic E-state index is -0.756. The molecule has 0 saturated heterocycles. The summed E-state index contributed by atoms with van der Waals surface area (Å²) in [4.78, 5) is 36.3. The Kier molecular flexibility index (Phi) is 7.43. The van der Waals surface area contributed by atoms with Crippen molar-refractivity contribution in [2.45, 2.75) is 13.3 Å². The van der Waals surface area contributed by atoms with Crippen LogP contribution in [-0.4, -0.2) is 31.9 Å². The van der Waals surface area contributed by atoms with Crippen molar-refractivity contribution in [1.82, 2.24) is 14.5 Å². The zero-order valence-electron chi connectivity index (χ0n) is 20.1. The smallest absolute Gasteiger partial charge is 0.335 e. The zero-order chi connectivity index (χ0) is 27.0. The zero-order valence-corrected chi connectivity index (χ0v) is 24.0. The van der Waals surface area contributed by atoms with Crippen LogP contribution in [0, 0.1) is 6.92 Å². The van der Waals surface area contributed by atoms with E-state index < -0.39 is 17.1 Å².